The Labute approximate surface area is 132 Å². The van der Waals surface area contributed by atoms with Crippen molar-refractivity contribution in [3.05, 3.63) is 22.4 Å². The summed E-state index contributed by atoms with van der Waals surface area (Å²) in [6.07, 6.45) is 3.07. The molecule has 1 aliphatic rings. The molecule has 0 saturated carbocycles. The van der Waals surface area contributed by atoms with Gasteiger partial charge >= 0.3 is 0 Å². The lowest BCUT2D eigenvalue weighted by Crippen LogP contribution is -2.45. The van der Waals surface area contributed by atoms with E-state index in [1.165, 1.54) is 4.88 Å². The molecule has 2 heterocycles. The first kappa shape index (κ1) is 16.5. The maximum Gasteiger partial charge on any atom is 0.244 e. The molecule has 4 heteroatoms. The molecule has 1 fully saturated rings. The van der Waals surface area contributed by atoms with Crippen LogP contribution in [0.15, 0.2) is 17.5 Å². The predicted molar refractivity (Wildman–Crippen MR) is 89.3 cm³/mol. The zero-order chi connectivity index (χ0) is 15.6. The lowest BCUT2D eigenvalue weighted by molar-refractivity contribution is -0.136. The van der Waals surface area contributed by atoms with Gasteiger partial charge in [-0.1, -0.05) is 39.7 Å². The van der Waals surface area contributed by atoms with Gasteiger partial charge in [0.1, 0.15) is 6.17 Å². The molecule has 1 N–H and O–H groups in total. The summed E-state index contributed by atoms with van der Waals surface area (Å²) in [7, 11) is 0. The fraction of sp³-hybridized carbons (Fsp3) is 0.706. The van der Waals surface area contributed by atoms with Crippen molar-refractivity contribution in [1.29, 1.82) is 0 Å². The smallest absolute Gasteiger partial charge is 0.244 e. The Morgan fingerprint density at radius 1 is 1.38 bits per heavy atom. The number of rotatable bonds is 6. The molecule has 118 valence electrons. The third-order valence-corrected chi connectivity index (χ3v) is 6.05. The highest BCUT2D eigenvalue weighted by molar-refractivity contribution is 7.10. The summed E-state index contributed by atoms with van der Waals surface area (Å²) in [5, 5.41) is 5.68. The van der Waals surface area contributed by atoms with Crippen molar-refractivity contribution in [1.82, 2.24) is 10.2 Å². The SMILES string of the molecule is CCC(CC)C(C)N1C(=O)C(C)(CC)NC1c1cccs1. The molecule has 2 rings (SSSR count). The summed E-state index contributed by atoms with van der Waals surface area (Å²) in [6, 6.07) is 4.46. The maximum absolute atomic E-state index is 13.0. The van der Waals surface area contributed by atoms with Crippen LogP contribution >= 0.6 is 11.3 Å². The van der Waals surface area contributed by atoms with Gasteiger partial charge in [-0.3, -0.25) is 10.1 Å². The number of carbonyl (C=O) groups excluding carboxylic acids is 1. The van der Waals surface area contributed by atoms with Gasteiger partial charge in [0.15, 0.2) is 0 Å². The number of nitrogens with zero attached hydrogens (tertiary/aromatic N) is 1. The number of amides is 1. The van der Waals surface area contributed by atoms with Gasteiger partial charge in [0, 0.05) is 10.9 Å². The minimum absolute atomic E-state index is 0.0260. The summed E-state index contributed by atoms with van der Waals surface area (Å²) in [5.41, 5.74) is -0.436. The molecular weight excluding hydrogens is 280 g/mol. The van der Waals surface area contributed by atoms with Gasteiger partial charge in [-0.2, -0.15) is 0 Å². The highest BCUT2D eigenvalue weighted by Crippen LogP contribution is 2.38. The molecule has 3 nitrogen and oxygen atoms in total. The average molecular weight is 308 g/mol. The number of hydrogen-bond acceptors (Lipinski definition) is 3. The summed E-state index contributed by atoms with van der Waals surface area (Å²) < 4.78 is 0. The highest BCUT2D eigenvalue weighted by atomic mass is 32.1. The van der Waals surface area contributed by atoms with Crippen LogP contribution in [0.3, 0.4) is 0 Å². The molecule has 0 bridgehead atoms. The largest absolute Gasteiger partial charge is 0.317 e. The third-order valence-electron chi connectivity index (χ3n) is 5.13. The monoisotopic (exact) mass is 308 g/mol. The molecule has 3 unspecified atom stereocenters. The minimum Gasteiger partial charge on any atom is -0.317 e. The van der Waals surface area contributed by atoms with E-state index in [9.17, 15) is 4.79 Å². The lowest BCUT2D eigenvalue weighted by atomic mass is 9.92. The van der Waals surface area contributed by atoms with E-state index in [-0.39, 0.29) is 18.1 Å². The van der Waals surface area contributed by atoms with Crippen LogP contribution in [0, 0.1) is 5.92 Å². The second kappa shape index (κ2) is 6.49. The Morgan fingerprint density at radius 2 is 2.05 bits per heavy atom. The molecule has 0 aliphatic carbocycles. The standard InChI is InChI=1S/C17H28N2OS/c1-6-13(7-2)12(4)19-15(14-10-9-11-21-14)18-17(5,8-3)16(19)20/h9-13,15,18H,6-8H2,1-5H3. The molecule has 21 heavy (non-hydrogen) atoms. The Morgan fingerprint density at radius 3 is 2.52 bits per heavy atom. The third kappa shape index (κ3) is 2.88. The molecule has 0 radical (unpaired) electrons. The van der Waals surface area contributed by atoms with E-state index >= 15 is 0 Å². The second-order valence-electron chi connectivity index (χ2n) is 6.28. The van der Waals surface area contributed by atoms with Crippen LogP contribution in [0.5, 0.6) is 0 Å². The molecule has 0 aromatic carbocycles. The van der Waals surface area contributed by atoms with Crippen LogP contribution in [0.2, 0.25) is 0 Å². The van der Waals surface area contributed by atoms with Gasteiger partial charge < -0.3 is 4.90 Å². The first-order valence-corrected chi connectivity index (χ1v) is 9.00. The molecule has 1 aromatic heterocycles. The number of nitrogens with one attached hydrogen (secondary N) is 1. The molecule has 1 aromatic rings. The van der Waals surface area contributed by atoms with Crippen molar-refractivity contribution in [3.8, 4) is 0 Å². The van der Waals surface area contributed by atoms with Crippen molar-refractivity contribution in [3.63, 3.8) is 0 Å². The molecule has 1 saturated heterocycles. The fourth-order valence-electron chi connectivity index (χ4n) is 3.36. The van der Waals surface area contributed by atoms with Crippen LogP contribution in [0.4, 0.5) is 0 Å². The summed E-state index contributed by atoms with van der Waals surface area (Å²) in [5.74, 6) is 0.806. The number of carbonyl (C=O) groups is 1. The van der Waals surface area contributed by atoms with Crippen LogP contribution in [-0.4, -0.2) is 22.4 Å². The number of hydrogen-bond donors (Lipinski definition) is 1. The minimum atomic E-state index is -0.436. The highest BCUT2D eigenvalue weighted by Gasteiger charge is 2.49. The molecule has 0 spiro atoms. The van der Waals surface area contributed by atoms with Gasteiger partial charge in [-0.15, -0.1) is 11.3 Å². The quantitative estimate of drug-likeness (QED) is 0.855. The summed E-state index contributed by atoms with van der Waals surface area (Å²) in [6.45, 7) is 10.8. The van der Waals surface area contributed by atoms with Gasteiger partial charge in [-0.05, 0) is 37.6 Å². The van der Waals surface area contributed by atoms with E-state index in [4.69, 9.17) is 0 Å². The first-order chi connectivity index (χ1) is 9.98. The second-order valence-corrected chi connectivity index (χ2v) is 7.26. The van der Waals surface area contributed by atoms with Gasteiger partial charge in [-0.25, -0.2) is 0 Å². The van der Waals surface area contributed by atoms with Crippen molar-refractivity contribution >= 4 is 17.2 Å². The van der Waals surface area contributed by atoms with Crippen LogP contribution < -0.4 is 5.32 Å². The zero-order valence-corrected chi connectivity index (χ0v) is 14.7. The Balaban J connectivity index is 2.36. The Kier molecular flexibility index (Phi) is 5.10. The van der Waals surface area contributed by atoms with Gasteiger partial charge in [0.25, 0.3) is 0 Å². The Bertz CT molecular complexity index is 469. The molecular formula is C17H28N2OS. The van der Waals surface area contributed by atoms with E-state index in [1.54, 1.807) is 11.3 Å². The van der Waals surface area contributed by atoms with E-state index in [1.807, 2.05) is 6.92 Å². The normalized spacial score (nSPS) is 27.6. The first-order valence-electron chi connectivity index (χ1n) is 8.12. The van der Waals surface area contributed by atoms with E-state index in [2.05, 4.69) is 55.4 Å². The molecule has 1 amide bonds. The van der Waals surface area contributed by atoms with Gasteiger partial charge in [0.2, 0.25) is 5.91 Å². The van der Waals surface area contributed by atoms with E-state index < -0.39 is 5.54 Å². The maximum atomic E-state index is 13.0. The lowest BCUT2D eigenvalue weighted by Gasteiger charge is -2.34. The predicted octanol–water partition coefficient (Wildman–Crippen LogP) is 4.17. The summed E-state index contributed by atoms with van der Waals surface area (Å²) in [4.78, 5) is 16.3. The number of thiophene rings is 1. The van der Waals surface area contributed by atoms with Crippen LogP contribution in [0.25, 0.3) is 0 Å². The Hall–Kier alpha value is -0.870. The van der Waals surface area contributed by atoms with Crippen molar-refractivity contribution in [2.75, 3.05) is 0 Å². The van der Waals surface area contributed by atoms with Crippen LogP contribution in [0.1, 0.15) is 64.9 Å². The fourth-order valence-corrected chi connectivity index (χ4v) is 4.13. The summed E-state index contributed by atoms with van der Waals surface area (Å²) >= 11 is 1.73. The molecule has 1 aliphatic heterocycles. The van der Waals surface area contributed by atoms with E-state index in [0.29, 0.717) is 5.92 Å². The molecule has 3 atom stereocenters. The van der Waals surface area contributed by atoms with Crippen molar-refractivity contribution in [2.45, 2.75) is 71.6 Å². The average Bonchev–Trinajstić information content (AvgIpc) is 3.08. The van der Waals surface area contributed by atoms with Crippen LogP contribution in [-0.2, 0) is 4.79 Å². The van der Waals surface area contributed by atoms with E-state index in [0.717, 1.165) is 19.3 Å². The van der Waals surface area contributed by atoms with Crippen molar-refractivity contribution in [2.24, 2.45) is 5.92 Å². The topological polar surface area (TPSA) is 32.3 Å². The van der Waals surface area contributed by atoms with Gasteiger partial charge in [0.05, 0.1) is 5.54 Å². The zero-order valence-electron chi connectivity index (χ0n) is 13.8. The van der Waals surface area contributed by atoms with Crippen molar-refractivity contribution < 1.29 is 4.79 Å².